The van der Waals surface area contributed by atoms with Crippen LogP contribution in [0.4, 0.5) is 0 Å². The molecule has 6 heteroatoms. The van der Waals surface area contributed by atoms with Crippen molar-refractivity contribution in [2.45, 2.75) is 12.5 Å². The van der Waals surface area contributed by atoms with Gasteiger partial charge in [-0.25, -0.2) is 8.42 Å². The summed E-state index contributed by atoms with van der Waals surface area (Å²) in [6, 6.07) is 1.62. The highest BCUT2D eigenvalue weighted by atomic mass is 79.9. The second kappa shape index (κ2) is 4.74. The fraction of sp³-hybridized carbons (Fsp3) is 0.500. The zero-order valence-corrected chi connectivity index (χ0v) is 11.0. The molecule has 0 aromatic carbocycles. The van der Waals surface area contributed by atoms with Gasteiger partial charge in [0.15, 0.2) is 0 Å². The maximum Gasteiger partial charge on any atom is 0.148 e. The predicted octanol–water partition coefficient (Wildman–Crippen LogP) is 1.42. The van der Waals surface area contributed by atoms with Crippen LogP contribution in [0, 0.1) is 0 Å². The zero-order chi connectivity index (χ0) is 10.8. The minimum absolute atomic E-state index is 0.0390. The lowest BCUT2D eigenvalue weighted by atomic mass is 10.2. The summed E-state index contributed by atoms with van der Waals surface area (Å²) in [6.45, 7) is 0. The lowest BCUT2D eigenvalue weighted by molar-refractivity contribution is 0.592. The second-order valence-corrected chi connectivity index (χ2v) is 7.29. The van der Waals surface area contributed by atoms with E-state index in [9.17, 15) is 8.42 Å². The Morgan fingerprint density at radius 2 is 2.29 bits per heavy atom. The molecule has 2 N–H and O–H groups in total. The summed E-state index contributed by atoms with van der Waals surface area (Å²) in [5, 5.41) is 1.95. The number of nitrogens with two attached hydrogens (primary N) is 1. The van der Waals surface area contributed by atoms with E-state index in [1.54, 1.807) is 11.3 Å². The SMILES string of the molecule is CS(=O)(=O)CC(N)Cc1sccc1Br. The van der Waals surface area contributed by atoms with Crippen molar-refractivity contribution in [1.82, 2.24) is 0 Å². The summed E-state index contributed by atoms with van der Waals surface area (Å²) >= 11 is 4.96. The van der Waals surface area contributed by atoms with Gasteiger partial charge in [0.1, 0.15) is 9.84 Å². The van der Waals surface area contributed by atoms with Crippen LogP contribution in [-0.2, 0) is 16.3 Å². The van der Waals surface area contributed by atoms with E-state index in [2.05, 4.69) is 15.9 Å². The van der Waals surface area contributed by atoms with Crippen molar-refractivity contribution < 1.29 is 8.42 Å². The maximum absolute atomic E-state index is 11.0. The molecular weight excluding hydrogens is 286 g/mol. The summed E-state index contributed by atoms with van der Waals surface area (Å²) < 4.78 is 22.9. The summed E-state index contributed by atoms with van der Waals surface area (Å²) in [6.07, 6.45) is 1.81. The van der Waals surface area contributed by atoms with Crippen LogP contribution in [0.15, 0.2) is 15.9 Å². The van der Waals surface area contributed by atoms with Gasteiger partial charge < -0.3 is 5.73 Å². The van der Waals surface area contributed by atoms with E-state index >= 15 is 0 Å². The number of halogens is 1. The Kier molecular flexibility index (Phi) is 4.12. The lowest BCUT2D eigenvalue weighted by Gasteiger charge is -2.08. The molecule has 80 valence electrons. The van der Waals surface area contributed by atoms with Crippen LogP contribution in [0.3, 0.4) is 0 Å². The van der Waals surface area contributed by atoms with Gasteiger partial charge in [-0.2, -0.15) is 0 Å². The van der Waals surface area contributed by atoms with E-state index in [0.29, 0.717) is 6.42 Å². The molecule has 3 nitrogen and oxygen atoms in total. The average Bonchev–Trinajstić information content (AvgIpc) is 2.32. The number of sulfone groups is 1. The van der Waals surface area contributed by atoms with Crippen molar-refractivity contribution in [3.05, 3.63) is 20.8 Å². The predicted molar refractivity (Wildman–Crippen MR) is 63.4 cm³/mol. The van der Waals surface area contributed by atoms with Gasteiger partial charge in [-0.15, -0.1) is 11.3 Å². The molecule has 1 aromatic heterocycles. The van der Waals surface area contributed by atoms with Gasteiger partial charge in [-0.3, -0.25) is 0 Å². The largest absolute Gasteiger partial charge is 0.326 e. The van der Waals surface area contributed by atoms with Gasteiger partial charge in [-0.1, -0.05) is 0 Å². The monoisotopic (exact) mass is 297 g/mol. The first kappa shape index (κ1) is 12.2. The zero-order valence-electron chi connectivity index (χ0n) is 7.73. The molecule has 0 aliphatic heterocycles. The van der Waals surface area contributed by atoms with Crippen LogP contribution in [0.2, 0.25) is 0 Å². The van der Waals surface area contributed by atoms with Crippen molar-refractivity contribution >= 4 is 37.1 Å². The van der Waals surface area contributed by atoms with Crippen molar-refractivity contribution in [2.75, 3.05) is 12.0 Å². The standard InChI is InChI=1S/C8H12BrNO2S2/c1-14(11,12)5-6(10)4-8-7(9)2-3-13-8/h2-3,6H,4-5,10H2,1H3. The molecular formula is C8H12BrNO2S2. The highest BCUT2D eigenvalue weighted by Crippen LogP contribution is 2.23. The fourth-order valence-corrected chi connectivity index (χ4v) is 3.66. The van der Waals surface area contributed by atoms with E-state index in [1.807, 2.05) is 11.4 Å². The summed E-state index contributed by atoms with van der Waals surface area (Å²) in [4.78, 5) is 1.10. The first-order chi connectivity index (χ1) is 6.38. The Morgan fingerprint density at radius 3 is 2.71 bits per heavy atom. The molecule has 0 saturated carbocycles. The molecule has 0 bridgehead atoms. The molecule has 1 rings (SSSR count). The molecule has 14 heavy (non-hydrogen) atoms. The Balaban J connectivity index is 2.58. The van der Waals surface area contributed by atoms with Crippen LogP contribution in [0.25, 0.3) is 0 Å². The van der Waals surface area contributed by atoms with E-state index in [1.165, 1.54) is 6.26 Å². The molecule has 0 radical (unpaired) electrons. The highest BCUT2D eigenvalue weighted by Gasteiger charge is 2.13. The fourth-order valence-electron chi connectivity index (χ4n) is 1.16. The lowest BCUT2D eigenvalue weighted by Crippen LogP contribution is -2.31. The van der Waals surface area contributed by atoms with E-state index in [4.69, 9.17) is 5.73 Å². The molecule has 0 saturated heterocycles. The third-order valence-electron chi connectivity index (χ3n) is 1.66. The minimum Gasteiger partial charge on any atom is -0.326 e. The number of rotatable bonds is 4. The third kappa shape index (κ3) is 4.08. The quantitative estimate of drug-likeness (QED) is 0.914. The Labute approximate surface area is 96.4 Å². The van der Waals surface area contributed by atoms with E-state index < -0.39 is 9.84 Å². The Morgan fingerprint density at radius 1 is 1.64 bits per heavy atom. The summed E-state index contributed by atoms with van der Waals surface area (Å²) in [5.74, 6) is 0.0390. The number of thiophene rings is 1. The smallest absolute Gasteiger partial charge is 0.148 e. The molecule has 0 amide bonds. The van der Waals surface area contributed by atoms with Gasteiger partial charge in [-0.05, 0) is 33.8 Å². The van der Waals surface area contributed by atoms with Crippen LogP contribution >= 0.6 is 27.3 Å². The van der Waals surface area contributed by atoms with Gasteiger partial charge >= 0.3 is 0 Å². The van der Waals surface area contributed by atoms with Gasteiger partial charge in [0.05, 0.1) is 5.75 Å². The topological polar surface area (TPSA) is 60.2 Å². The van der Waals surface area contributed by atoms with Gasteiger partial charge in [0, 0.05) is 21.6 Å². The Bertz CT molecular complexity index is 399. The number of hydrogen-bond donors (Lipinski definition) is 1. The van der Waals surface area contributed by atoms with Crippen molar-refractivity contribution in [3.8, 4) is 0 Å². The molecule has 0 aliphatic rings. The van der Waals surface area contributed by atoms with Crippen molar-refractivity contribution in [2.24, 2.45) is 5.73 Å². The van der Waals surface area contributed by atoms with Crippen LogP contribution in [0.1, 0.15) is 4.88 Å². The molecule has 1 unspecified atom stereocenters. The molecule has 1 heterocycles. The van der Waals surface area contributed by atoms with Crippen molar-refractivity contribution in [3.63, 3.8) is 0 Å². The van der Waals surface area contributed by atoms with Crippen LogP contribution < -0.4 is 5.73 Å². The third-order valence-corrected chi connectivity index (χ3v) is 4.64. The van der Waals surface area contributed by atoms with Gasteiger partial charge in [0.2, 0.25) is 0 Å². The van der Waals surface area contributed by atoms with Crippen LogP contribution in [-0.4, -0.2) is 26.5 Å². The van der Waals surface area contributed by atoms with Crippen molar-refractivity contribution in [1.29, 1.82) is 0 Å². The second-order valence-electron chi connectivity index (χ2n) is 3.25. The molecule has 0 fully saturated rings. The normalized spacial score (nSPS) is 14.2. The summed E-state index contributed by atoms with van der Waals surface area (Å²) in [5.41, 5.74) is 5.73. The van der Waals surface area contributed by atoms with Gasteiger partial charge in [0.25, 0.3) is 0 Å². The minimum atomic E-state index is -2.98. The first-order valence-electron chi connectivity index (χ1n) is 4.03. The van der Waals surface area contributed by atoms with E-state index in [-0.39, 0.29) is 11.8 Å². The maximum atomic E-state index is 11.0. The van der Waals surface area contributed by atoms with Crippen LogP contribution in [0.5, 0.6) is 0 Å². The number of hydrogen-bond acceptors (Lipinski definition) is 4. The molecule has 0 spiro atoms. The Hall–Kier alpha value is 0.0900. The summed E-state index contributed by atoms with van der Waals surface area (Å²) in [7, 11) is -2.98. The molecule has 1 aromatic rings. The molecule has 1 atom stereocenters. The first-order valence-corrected chi connectivity index (χ1v) is 7.77. The molecule has 0 aliphatic carbocycles. The average molecular weight is 298 g/mol. The highest BCUT2D eigenvalue weighted by molar-refractivity contribution is 9.10. The van der Waals surface area contributed by atoms with E-state index in [0.717, 1.165) is 9.35 Å².